The predicted molar refractivity (Wildman–Crippen MR) is 248 cm³/mol. The summed E-state index contributed by atoms with van der Waals surface area (Å²) in [6, 6.07) is 29.4. The number of halogens is 4. The molecular weight excluding hydrogens is 965 g/mol. The fourth-order valence-corrected chi connectivity index (χ4v) is 12.3. The van der Waals surface area contributed by atoms with Crippen molar-refractivity contribution in [1.82, 2.24) is 0 Å². The van der Waals surface area contributed by atoms with Crippen molar-refractivity contribution in [3.63, 3.8) is 0 Å². The van der Waals surface area contributed by atoms with E-state index in [2.05, 4.69) is 9.98 Å². The van der Waals surface area contributed by atoms with Crippen molar-refractivity contribution in [3.8, 4) is 34.0 Å². The van der Waals surface area contributed by atoms with Crippen LogP contribution >= 0.6 is 34.0 Å². The number of Topliss-reactive ketones (excluding diaryl/α,β-unsaturated/α-hetero) is 2. The first-order valence-electron chi connectivity index (χ1n) is 20.3. The molecule has 0 saturated heterocycles. The van der Waals surface area contributed by atoms with E-state index in [9.17, 15) is 48.2 Å². The van der Waals surface area contributed by atoms with Crippen LogP contribution in [-0.4, -0.2) is 34.9 Å². The Bertz CT molecular complexity index is 3770. The molecule has 336 valence electrons. The van der Waals surface area contributed by atoms with E-state index in [1.165, 1.54) is 12.1 Å². The third-order valence-electron chi connectivity index (χ3n) is 11.5. The number of nitriles is 4. The van der Waals surface area contributed by atoms with Gasteiger partial charge in [-0.1, -0.05) is 60.7 Å². The number of hydrogen-bond donors (Lipinski definition) is 0. The number of carbonyl (C=O) groups is 4. The molecule has 0 aliphatic heterocycles. The number of fused-ring (bicyclic) bond motifs is 7. The van der Waals surface area contributed by atoms with Crippen LogP contribution in [0.2, 0.25) is 0 Å². The summed E-state index contributed by atoms with van der Waals surface area (Å²) in [4.78, 5) is 67.9. The molecule has 4 aromatic carbocycles. The third-order valence-corrected chi connectivity index (χ3v) is 15.0. The quantitative estimate of drug-likeness (QED) is 0.0609. The van der Waals surface area contributed by atoms with Crippen molar-refractivity contribution < 1.29 is 46.2 Å². The molecule has 3 heterocycles. The fourth-order valence-electron chi connectivity index (χ4n) is 8.45. The highest BCUT2D eigenvalue weighted by Gasteiger charge is 2.61. The molecule has 0 N–H and O–H groups in total. The molecule has 12 nitrogen and oxygen atoms in total. The van der Waals surface area contributed by atoms with Crippen LogP contribution in [0.1, 0.15) is 54.1 Å². The Morgan fingerprint density at radius 1 is 0.557 bits per heavy atom. The largest absolute Gasteiger partial charge is 0.459 e. The van der Waals surface area contributed by atoms with Gasteiger partial charge in [-0.05, 0) is 47.5 Å². The molecule has 0 amide bonds. The molecule has 0 unspecified atom stereocenters. The number of thiophene rings is 3. The Morgan fingerprint density at radius 3 is 1.43 bits per heavy atom. The van der Waals surface area contributed by atoms with Crippen LogP contribution in [0.4, 0.5) is 27.6 Å². The molecule has 0 radical (unpaired) electrons. The first kappa shape index (κ1) is 44.8. The van der Waals surface area contributed by atoms with Crippen LogP contribution in [0, 0.1) is 68.6 Å². The topological polar surface area (TPSA) is 207 Å². The summed E-state index contributed by atoms with van der Waals surface area (Å²) in [5.74, 6) is -9.41. The van der Waals surface area contributed by atoms with Crippen molar-refractivity contribution in [2.75, 3.05) is 0 Å². The second-order valence-corrected chi connectivity index (χ2v) is 18.5. The molecule has 0 bridgehead atoms. The van der Waals surface area contributed by atoms with Gasteiger partial charge in [-0.2, -0.15) is 21.0 Å². The van der Waals surface area contributed by atoms with Gasteiger partial charge in [0.15, 0.2) is 23.3 Å². The molecule has 10 rings (SSSR count). The molecule has 19 heteroatoms. The highest BCUT2D eigenvalue weighted by molar-refractivity contribution is 7.33. The minimum atomic E-state index is -2.46. The lowest BCUT2D eigenvalue weighted by molar-refractivity contribution is -0.164. The minimum Gasteiger partial charge on any atom is -0.459 e. The summed E-state index contributed by atoms with van der Waals surface area (Å²) in [6.45, 7) is -0.627. The first-order chi connectivity index (χ1) is 33.8. The minimum absolute atomic E-state index is 0.00660. The maximum atomic E-state index is 15.2. The second-order valence-electron chi connectivity index (χ2n) is 15.4. The van der Waals surface area contributed by atoms with E-state index in [4.69, 9.17) is 9.47 Å². The van der Waals surface area contributed by atoms with Crippen LogP contribution in [0.25, 0.3) is 30.3 Å². The van der Waals surface area contributed by atoms with Gasteiger partial charge < -0.3 is 9.47 Å². The SMILES string of the molecule is N#CC(C#N)=C1/C(=N/c2cc3c(s2)-c2sc4cc(/N=C5\C(=O)c6cc(F)c(F)cc6C5=C(C#N)C#N)sc4c2C3(C(=O)OCc2ccccc2)C(=O)OCc2ccccc2)C(=O)c2cc(F)c(F)cc21. The lowest BCUT2D eigenvalue weighted by Crippen LogP contribution is -2.45. The Balaban J connectivity index is 1.19. The smallest absolute Gasteiger partial charge is 0.333 e. The van der Waals surface area contributed by atoms with Gasteiger partial charge >= 0.3 is 11.9 Å². The summed E-state index contributed by atoms with van der Waals surface area (Å²) in [5.41, 5.74) is -5.23. The molecule has 0 spiro atoms. The van der Waals surface area contributed by atoms with Gasteiger partial charge in [-0.3, -0.25) is 19.2 Å². The van der Waals surface area contributed by atoms with E-state index >= 15 is 9.59 Å². The van der Waals surface area contributed by atoms with Crippen LogP contribution in [0.15, 0.2) is 118 Å². The van der Waals surface area contributed by atoms with Crippen molar-refractivity contribution in [3.05, 3.63) is 176 Å². The molecule has 3 aliphatic rings. The number of ether oxygens (including phenoxy) is 2. The highest BCUT2D eigenvalue weighted by Crippen LogP contribution is 2.62. The average Bonchev–Trinajstić information content (AvgIpc) is 4.19. The lowest BCUT2D eigenvalue weighted by atomic mass is 9.79. The standard InChI is InChI=1S/C51H20F4N6O6S3/c52-32-11-27-29(13-34(32)54)44(62)42(39(27)25(17-56)18-57)60-37-15-31-46(69-37)48-41(51(31,49(64)66-21-23-7-3-1-4-8-23)50(65)67-22-24-9-5-2-6-10-24)47-36(68-48)16-38(70-47)61-43-40(26(19-58)20-59)28-12-33(53)35(55)14-30(28)45(43)63/h1-16H,21-22H2/b60-42-,61-43-. The number of rotatable bonds is 8. The number of benzene rings is 4. The Kier molecular flexibility index (Phi) is 11.1. The van der Waals surface area contributed by atoms with E-state index in [-0.39, 0.29) is 67.7 Å². The van der Waals surface area contributed by atoms with Gasteiger partial charge in [-0.25, -0.2) is 27.5 Å². The summed E-state index contributed by atoms with van der Waals surface area (Å²) < 4.78 is 70.9. The summed E-state index contributed by atoms with van der Waals surface area (Å²) in [7, 11) is 0. The van der Waals surface area contributed by atoms with Crippen molar-refractivity contribution >= 4 is 99.5 Å². The van der Waals surface area contributed by atoms with Crippen molar-refractivity contribution in [2.45, 2.75) is 18.6 Å². The molecule has 70 heavy (non-hydrogen) atoms. The average molecular weight is 985 g/mol. The lowest BCUT2D eigenvalue weighted by Gasteiger charge is -2.26. The summed E-state index contributed by atoms with van der Waals surface area (Å²) in [6.07, 6.45) is 0. The van der Waals surface area contributed by atoms with E-state index in [0.717, 1.165) is 34.0 Å². The first-order valence-corrected chi connectivity index (χ1v) is 22.8. The van der Waals surface area contributed by atoms with Crippen LogP contribution in [0.3, 0.4) is 0 Å². The van der Waals surface area contributed by atoms with E-state index in [0.29, 0.717) is 54.5 Å². The Morgan fingerprint density at radius 2 is 0.986 bits per heavy atom. The monoisotopic (exact) mass is 984 g/mol. The van der Waals surface area contributed by atoms with Gasteiger partial charge in [0.05, 0.1) is 14.5 Å². The number of aliphatic imine (C=N–C) groups is 2. The zero-order valence-electron chi connectivity index (χ0n) is 35.0. The molecule has 0 fully saturated rings. The summed E-state index contributed by atoms with van der Waals surface area (Å²) in [5, 5.41) is 39.6. The van der Waals surface area contributed by atoms with Gasteiger partial charge in [0.1, 0.15) is 70.1 Å². The molecule has 3 aliphatic carbocycles. The third kappa shape index (κ3) is 6.95. The zero-order valence-corrected chi connectivity index (χ0v) is 37.5. The predicted octanol–water partition coefficient (Wildman–Crippen LogP) is 10.9. The van der Waals surface area contributed by atoms with Crippen LogP contribution in [-0.2, 0) is 37.7 Å². The maximum Gasteiger partial charge on any atom is 0.333 e. The number of nitrogens with zero attached hydrogens (tertiary/aromatic N) is 6. The normalized spacial score (nSPS) is 14.9. The molecule has 7 aromatic rings. The zero-order chi connectivity index (χ0) is 49.2. The van der Waals surface area contributed by atoms with Crippen LogP contribution in [0.5, 0.6) is 0 Å². The number of esters is 2. The number of ketones is 2. The van der Waals surface area contributed by atoms with Gasteiger partial charge in [0.25, 0.3) is 0 Å². The second kappa shape index (κ2) is 17.3. The number of hydrogen-bond acceptors (Lipinski definition) is 15. The van der Waals surface area contributed by atoms with Crippen molar-refractivity contribution in [1.29, 1.82) is 21.0 Å². The molecule has 3 aromatic heterocycles. The number of allylic oxidation sites excluding steroid dienone is 4. The van der Waals surface area contributed by atoms with Gasteiger partial charge in [0, 0.05) is 49.2 Å². The molecule has 0 atom stereocenters. The highest BCUT2D eigenvalue weighted by atomic mass is 32.1. The Hall–Kier alpha value is -8.98. The molecular formula is C51H20F4N6O6S3. The van der Waals surface area contributed by atoms with Gasteiger partial charge in [0.2, 0.25) is 17.0 Å². The number of carbonyl (C=O) groups excluding carboxylic acids is 4. The van der Waals surface area contributed by atoms with Crippen LogP contribution < -0.4 is 0 Å². The van der Waals surface area contributed by atoms with E-state index in [1.807, 2.05) is 0 Å². The van der Waals surface area contributed by atoms with Gasteiger partial charge in [-0.15, -0.1) is 34.0 Å². The van der Waals surface area contributed by atoms with Crippen molar-refractivity contribution in [2.24, 2.45) is 9.98 Å². The molecule has 0 saturated carbocycles. The maximum absolute atomic E-state index is 15.2. The van der Waals surface area contributed by atoms with E-state index < -0.39 is 74.8 Å². The Labute approximate surface area is 403 Å². The van der Waals surface area contributed by atoms with E-state index in [1.54, 1.807) is 84.9 Å². The summed E-state index contributed by atoms with van der Waals surface area (Å²) >= 11 is 2.90. The fraction of sp³-hybridized carbons (Fsp3) is 0.0588.